The molecule has 26 heavy (non-hydrogen) atoms. The van der Waals surface area contributed by atoms with Crippen molar-refractivity contribution in [1.82, 2.24) is 20.0 Å². The molecular formula is C19H13FN4O2. The maximum Gasteiger partial charge on any atom is 0.336 e. The zero-order chi connectivity index (χ0) is 18.1. The Kier molecular flexibility index (Phi) is 3.89. The van der Waals surface area contributed by atoms with E-state index in [0.717, 1.165) is 0 Å². The van der Waals surface area contributed by atoms with Crippen molar-refractivity contribution in [2.24, 2.45) is 0 Å². The lowest BCUT2D eigenvalue weighted by molar-refractivity contribution is 0.0697. The summed E-state index contributed by atoms with van der Waals surface area (Å²) in [5, 5.41) is 18.5. The minimum absolute atomic E-state index is 0.109. The van der Waals surface area contributed by atoms with Gasteiger partial charge in [-0.25, -0.2) is 14.2 Å². The van der Waals surface area contributed by atoms with Gasteiger partial charge in [-0.2, -0.15) is 15.0 Å². The van der Waals surface area contributed by atoms with E-state index in [1.807, 2.05) is 0 Å². The van der Waals surface area contributed by atoms with E-state index in [1.54, 1.807) is 36.4 Å². The van der Waals surface area contributed by atoms with Crippen LogP contribution in [-0.4, -0.2) is 31.1 Å². The first-order chi connectivity index (χ1) is 12.6. The predicted octanol–water partition coefficient (Wildman–Crippen LogP) is 3.38. The molecule has 0 unspecified atom stereocenters. The molecule has 0 aliphatic heterocycles. The summed E-state index contributed by atoms with van der Waals surface area (Å²) in [5.74, 6) is -1.50. The van der Waals surface area contributed by atoms with Gasteiger partial charge < -0.3 is 5.11 Å². The molecule has 128 valence electrons. The summed E-state index contributed by atoms with van der Waals surface area (Å²) in [6.07, 6.45) is 3.02. The Morgan fingerprint density at radius 3 is 2.58 bits per heavy atom. The molecule has 2 aromatic carbocycles. The molecule has 0 spiro atoms. The number of carbonyl (C=O) groups is 1. The van der Waals surface area contributed by atoms with E-state index in [2.05, 4.69) is 15.2 Å². The van der Waals surface area contributed by atoms with E-state index in [0.29, 0.717) is 27.7 Å². The van der Waals surface area contributed by atoms with Gasteiger partial charge in [0.1, 0.15) is 5.82 Å². The summed E-state index contributed by atoms with van der Waals surface area (Å²) in [5.41, 5.74) is 1.98. The molecule has 4 rings (SSSR count). The Hall–Kier alpha value is -3.61. The van der Waals surface area contributed by atoms with Gasteiger partial charge in [0.25, 0.3) is 0 Å². The second-order valence-electron chi connectivity index (χ2n) is 5.71. The lowest BCUT2D eigenvalue weighted by Gasteiger charge is -2.15. The number of carboxylic acid groups (broad SMARTS) is 1. The van der Waals surface area contributed by atoms with Crippen LogP contribution in [0.5, 0.6) is 0 Å². The van der Waals surface area contributed by atoms with Crippen LogP contribution in [-0.2, 0) is 6.54 Å². The van der Waals surface area contributed by atoms with Gasteiger partial charge in [-0.15, -0.1) is 0 Å². The van der Waals surface area contributed by atoms with Crippen molar-refractivity contribution in [2.45, 2.75) is 6.54 Å². The molecule has 0 atom stereocenters. The third kappa shape index (κ3) is 2.79. The molecule has 0 aliphatic carbocycles. The third-order valence-corrected chi connectivity index (χ3v) is 4.07. The number of halogens is 1. The molecule has 0 saturated carbocycles. The lowest BCUT2D eigenvalue weighted by Crippen LogP contribution is -2.13. The molecule has 0 radical (unpaired) electrons. The van der Waals surface area contributed by atoms with Crippen molar-refractivity contribution >= 4 is 16.9 Å². The van der Waals surface area contributed by atoms with Crippen molar-refractivity contribution in [3.8, 4) is 11.3 Å². The number of rotatable bonds is 4. The fraction of sp³-hybridized carbons (Fsp3) is 0.0526. The second kappa shape index (κ2) is 6.36. The summed E-state index contributed by atoms with van der Waals surface area (Å²) in [4.78, 5) is 18.1. The number of carboxylic acids is 1. The summed E-state index contributed by atoms with van der Waals surface area (Å²) < 4.78 is 13.8. The summed E-state index contributed by atoms with van der Waals surface area (Å²) in [7, 11) is 0. The van der Waals surface area contributed by atoms with Crippen LogP contribution in [0.3, 0.4) is 0 Å². The number of pyridine rings is 1. The maximum absolute atomic E-state index is 13.8. The first-order valence-electron chi connectivity index (χ1n) is 7.88. The van der Waals surface area contributed by atoms with Crippen LogP contribution in [0.15, 0.2) is 60.9 Å². The molecule has 0 bridgehead atoms. The minimum Gasteiger partial charge on any atom is -0.478 e. The van der Waals surface area contributed by atoms with E-state index >= 15 is 0 Å². The Balaban J connectivity index is 2.06. The van der Waals surface area contributed by atoms with Crippen LogP contribution in [0.2, 0.25) is 0 Å². The highest BCUT2D eigenvalue weighted by Crippen LogP contribution is 2.31. The second-order valence-corrected chi connectivity index (χ2v) is 5.71. The van der Waals surface area contributed by atoms with E-state index in [1.165, 1.54) is 29.3 Å². The molecule has 6 nitrogen and oxygen atoms in total. The Labute approximate surface area is 147 Å². The van der Waals surface area contributed by atoms with Crippen molar-refractivity contribution in [3.63, 3.8) is 0 Å². The molecule has 1 N–H and O–H groups in total. The van der Waals surface area contributed by atoms with Crippen LogP contribution in [0, 0.1) is 5.82 Å². The third-order valence-electron chi connectivity index (χ3n) is 4.07. The number of nitrogens with zero attached hydrogens (tertiary/aromatic N) is 4. The fourth-order valence-electron chi connectivity index (χ4n) is 2.99. The molecular weight excluding hydrogens is 335 g/mol. The van der Waals surface area contributed by atoms with Crippen LogP contribution < -0.4 is 0 Å². The van der Waals surface area contributed by atoms with Gasteiger partial charge in [0.15, 0.2) is 0 Å². The van der Waals surface area contributed by atoms with Crippen molar-refractivity contribution in [1.29, 1.82) is 0 Å². The van der Waals surface area contributed by atoms with Crippen LogP contribution in [0.25, 0.3) is 22.2 Å². The standard InChI is InChI=1S/C19H13FN4O2/c20-13-5-3-4-12(10-13)18-15(11-24-21-8-9-22-24)17(19(25)26)14-6-1-2-7-16(14)23-18/h1-10H,11H2,(H,25,26). The van der Waals surface area contributed by atoms with E-state index in [9.17, 15) is 14.3 Å². The summed E-state index contributed by atoms with van der Waals surface area (Å²) in [6, 6.07) is 12.9. The van der Waals surface area contributed by atoms with Crippen molar-refractivity contribution in [2.75, 3.05) is 0 Å². The molecule has 0 amide bonds. The Bertz CT molecular complexity index is 1110. The van der Waals surface area contributed by atoms with E-state index in [-0.39, 0.29) is 12.1 Å². The molecule has 2 aromatic heterocycles. The number of aromatic nitrogens is 4. The van der Waals surface area contributed by atoms with Gasteiger partial charge in [0, 0.05) is 16.5 Å². The highest BCUT2D eigenvalue weighted by Gasteiger charge is 2.22. The molecule has 0 saturated heterocycles. The summed E-state index contributed by atoms with van der Waals surface area (Å²) >= 11 is 0. The lowest BCUT2D eigenvalue weighted by atomic mass is 9.96. The number of para-hydroxylation sites is 1. The quantitative estimate of drug-likeness (QED) is 0.611. The molecule has 0 aliphatic rings. The number of aromatic carboxylic acids is 1. The smallest absolute Gasteiger partial charge is 0.336 e. The Morgan fingerprint density at radius 1 is 1.08 bits per heavy atom. The highest BCUT2D eigenvalue weighted by molar-refractivity contribution is 6.05. The number of benzene rings is 2. The van der Waals surface area contributed by atoms with Gasteiger partial charge in [-0.3, -0.25) is 0 Å². The van der Waals surface area contributed by atoms with Gasteiger partial charge in [-0.05, 0) is 18.2 Å². The number of hydrogen-bond acceptors (Lipinski definition) is 4. The zero-order valence-electron chi connectivity index (χ0n) is 13.5. The van der Waals surface area contributed by atoms with Crippen molar-refractivity contribution < 1.29 is 14.3 Å². The van der Waals surface area contributed by atoms with E-state index in [4.69, 9.17) is 0 Å². The average molecular weight is 348 g/mol. The van der Waals surface area contributed by atoms with Gasteiger partial charge in [0.05, 0.1) is 35.7 Å². The van der Waals surface area contributed by atoms with E-state index < -0.39 is 11.8 Å². The van der Waals surface area contributed by atoms with Crippen LogP contribution >= 0.6 is 0 Å². The van der Waals surface area contributed by atoms with Gasteiger partial charge in [0.2, 0.25) is 0 Å². The minimum atomic E-state index is -1.08. The van der Waals surface area contributed by atoms with Crippen LogP contribution in [0.4, 0.5) is 4.39 Å². The number of hydrogen-bond donors (Lipinski definition) is 1. The molecule has 7 heteroatoms. The zero-order valence-corrected chi connectivity index (χ0v) is 13.5. The van der Waals surface area contributed by atoms with Gasteiger partial charge >= 0.3 is 5.97 Å². The largest absolute Gasteiger partial charge is 0.478 e. The Morgan fingerprint density at radius 2 is 1.85 bits per heavy atom. The first-order valence-corrected chi connectivity index (χ1v) is 7.88. The highest BCUT2D eigenvalue weighted by atomic mass is 19.1. The average Bonchev–Trinajstić information content (AvgIpc) is 3.14. The molecule has 2 heterocycles. The normalized spacial score (nSPS) is 11.0. The van der Waals surface area contributed by atoms with Crippen molar-refractivity contribution in [3.05, 3.63) is 77.9 Å². The first kappa shape index (κ1) is 15.9. The predicted molar refractivity (Wildman–Crippen MR) is 93.2 cm³/mol. The molecule has 0 fully saturated rings. The SMILES string of the molecule is O=C(O)c1c(Cn2nccn2)c(-c2cccc(F)c2)nc2ccccc12. The summed E-state index contributed by atoms with van der Waals surface area (Å²) in [6.45, 7) is 0.109. The topological polar surface area (TPSA) is 80.9 Å². The monoisotopic (exact) mass is 348 g/mol. The van der Waals surface area contributed by atoms with Crippen LogP contribution in [0.1, 0.15) is 15.9 Å². The maximum atomic E-state index is 13.8. The number of fused-ring (bicyclic) bond motifs is 1. The van der Waals surface area contributed by atoms with Gasteiger partial charge in [-0.1, -0.05) is 30.3 Å². The molecule has 4 aromatic rings. The fourth-order valence-corrected chi connectivity index (χ4v) is 2.99.